The molecule has 0 spiro atoms. The summed E-state index contributed by atoms with van der Waals surface area (Å²) in [6.07, 6.45) is -4.79. The first-order valence-electron chi connectivity index (χ1n) is 4.01. The highest BCUT2D eigenvalue weighted by atomic mass is 16.7. The molecule has 0 aromatic heterocycles. The van der Waals surface area contributed by atoms with Gasteiger partial charge in [-0.2, -0.15) is 0 Å². The molecule has 0 aliphatic carbocycles. The van der Waals surface area contributed by atoms with Gasteiger partial charge in [0.25, 0.3) is 5.79 Å². The summed E-state index contributed by atoms with van der Waals surface area (Å²) in [5.74, 6) is -4.21. The molecule has 1 heterocycles. The normalized spacial score (nSPS) is 43.6. The molecule has 5 N–H and O–H groups in total. The smallest absolute Gasteiger partial charge is 0.364 e. The van der Waals surface area contributed by atoms with Crippen molar-refractivity contribution in [2.24, 2.45) is 0 Å². The number of hydrogen-bond donors (Lipinski definition) is 5. The summed E-state index contributed by atoms with van der Waals surface area (Å²) in [6.45, 7) is -0.687. The number of aliphatic hydroxyl groups excluding tert-OH is 3. The van der Waals surface area contributed by atoms with Gasteiger partial charge < -0.3 is 30.3 Å². The average Bonchev–Trinajstić information content (AvgIpc) is 2.11. The minimum atomic E-state index is -2.55. The van der Waals surface area contributed by atoms with Crippen molar-refractivity contribution in [2.75, 3.05) is 6.61 Å². The molecule has 82 valence electrons. The van der Waals surface area contributed by atoms with Crippen LogP contribution >= 0.6 is 0 Å². The van der Waals surface area contributed by atoms with Crippen LogP contribution in [0.2, 0.25) is 0 Å². The van der Waals surface area contributed by atoms with E-state index in [1.54, 1.807) is 0 Å². The third-order valence-corrected chi connectivity index (χ3v) is 2.12. The number of carboxylic acid groups (broad SMARTS) is 1. The number of carbonyl (C=O) groups is 1. The van der Waals surface area contributed by atoms with Gasteiger partial charge in [-0.05, 0) is 0 Å². The van der Waals surface area contributed by atoms with E-state index in [-0.39, 0.29) is 0 Å². The van der Waals surface area contributed by atoms with Crippen LogP contribution in [0.5, 0.6) is 0 Å². The Balaban J connectivity index is 2.81. The van der Waals surface area contributed by atoms with Crippen molar-refractivity contribution in [1.82, 2.24) is 0 Å². The Labute approximate surface area is 79.2 Å². The number of hydrogen-bond acceptors (Lipinski definition) is 6. The summed E-state index contributed by atoms with van der Waals surface area (Å²) in [5, 5.41) is 45.0. The van der Waals surface area contributed by atoms with Gasteiger partial charge >= 0.3 is 5.97 Å². The number of rotatable bonds is 2. The zero-order valence-corrected chi connectivity index (χ0v) is 7.20. The van der Waals surface area contributed by atoms with Crippen molar-refractivity contribution in [3.8, 4) is 0 Å². The minimum absolute atomic E-state index is 0.639. The molecule has 1 aliphatic rings. The molecule has 0 saturated carbocycles. The Morgan fingerprint density at radius 1 is 1.50 bits per heavy atom. The van der Waals surface area contributed by atoms with E-state index in [1.807, 2.05) is 0 Å². The second-order valence-corrected chi connectivity index (χ2v) is 3.19. The summed E-state index contributed by atoms with van der Waals surface area (Å²) in [6, 6.07) is 0. The predicted molar refractivity (Wildman–Crippen MR) is 41.2 cm³/mol. The van der Waals surface area contributed by atoms with Crippen molar-refractivity contribution in [3.05, 3.63) is 0 Å². The monoisotopic (exact) mass is 208 g/mol. The third-order valence-electron chi connectivity index (χ3n) is 2.12. The van der Waals surface area contributed by atoms with Crippen LogP contribution in [-0.4, -0.2) is 62.2 Å². The molecule has 1 unspecified atom stereocenters. The summed E-state index contributed by atoms with van der Waals surface area (Å²) in [4.78, 5) is 10.5. The third kappa shape index (κ3) is 1.86. The summed E-state index contributed by atoms with van der Waals surface area (Å²) < 4.78 is 4.56. The first-order chi connectivity index (χ1) is 6.40. The van der Waals surface area contributed by atoms with Crippen LogP contribution in [0, 0.1) is 0 Å². The van der Waals surface area contributed by atoms with Crippen LogP contribution in [0.25, 0.3) is 0 Å². The highest BCUT2D eigenvalue weighted by Crippen LogP contribution is 2.27. The largest absolute Gasteiger partial charge is 0.477 e. The van der Waals surface area contributed by atoms with E-state index >= 15 is 0 Å². The number of aliphatic carboxylic acids is 1. The molecule has 1 fully saturated rings. The molecule has 0 bridgehead atoms. The van der Waals surface area contributed by atoms with Crippen LogP contribution in [0.1, 0.15) is 6.42 Å². The molecule has 0 aromatic rings. The van der Waals surface area contributed by atoms with Crippen molar-refractivity contribution in [1.29, 1.82) is 0 Å². The number of carboxylic acids is 1. The summed E-state index contributed by atoms with van der Waals surface area (Å²) in [5.41, 5.74) is 0. The van der Waals surface area contributed by atoms with Crippen molar-refractivity contribution in [3.63, 3.8) is 0 Å². The zero-order chi connectivity index (χ0) is 10.9. The van der Waals surface area contributed by atoms with Gasteiger partial charge in [0, 0.05) is 6.42 Å². The molecule has 7 nitrogen and oxygen atoms in total. The Kier molecular flexibility index (Phi) is 3.07. The molecule has 1 saturated heterocycles. The van der Waals surface area contributed by atoms with Gasteiger partial charge in [0.1, 0.15) is 12.2 Å². The topological polar surface area (TPSA) is 127 Å². The standard InChI is InChI=1S/C7H12O7/c8-2-4-5(10)3(9)1-7(13,14-4)6(11)12/h3-5,8-10,13H,1-2H2,(H,11,12)/t3-,4+,5+,7?/m1/s1. The van der Waals surface area contributed by atoms with Crippen LogP contribution in [0.3, 0.4) is 0 Å². The molecular weight excluding hydrogens is 196 g/mol. The van der Waals surface area contributed by atoms with Gasteiger partial charge in [-0.3, -0.25) is 0 Å². The Morgan fingerprint density at radius 2 is 2.07 bits per heavy atom. The van der Waals surface area contributed by atoms with E-state index in [2.05, 4.69) is 4.74 Å². The van der Waals surface area contributed by atoms with Crippen LogP contribution in [-0.2, 0) is 9.53 Å². The minimum Gasteiger partial charge on any atom is -0.477 e. The Bertz CT molecular complexity index is 230. The first-order valence-corrected chi connectivity index (χ1v) is 4.01. The van der Waals surface area contributed by atoms with Crippen LogP contribution in [0.15, 0.2) is 0 Å². The maximum Gasteiger partial charge on any atom is 0.364 e. The lowest BCUT2D eigenvalue weighted by Crippen LogP contribution is -2.59. The second-order valence-electron chi connectivity index (χ2n) is 3.19. The molecule has 14 heavy (non-hydrogen) atoms. The van der Waals surface area contributed by atoms with Gasteiger partial charge in [-0.15, -0.1) is 0 Å². The fraction of sp³-hybridized carbons (Fsp3) is 0.857. The molecule has 4 atom stereocenters. The Morgan fingerprint density at radius 3 is 2.50 bits per heavy atom. The highest BCUT2D eigenvalue weighted by molar-refractivity contribution is 5.75. The number of aliphatic hydroxyl groups is 4. The van der Waals surface area contributed by atoms with E-state index in [0.717, 1.165) is 0 Å². The van der Waals surface area contributed by atoms with Crippen LogP contribution < -0.4 is 0 Å². The maximum absolute atomic E-state index is 10.5. The van der Waals surface area contributed by atoms with Gasteiger partial charge in [0.15, 0.2) is 0 Å². The lowest BCUT2D eigenvalue weighted by Gasteiger charge is -2.39. The molecule has 0 amide bonds. The predicted octanol–water partition coefficient (Wildman–Crippen LogP) is -2.74. The van der Waals surface area contributed by atoms with Crippen molar-refractivity contribution >= 4 is 5.97 Å². The fourth-order valence-corrected chi connectivity index (χ4v) is 1.30. The molecule has 0 radical (unpaired) electrons. The maximum atomic E-state index is 10.5. The van der Waals surface area contributed by atoms with Gasteiger partial charge in [0.2, 0.25) is 0 Å². The van der Waals surface area contributed by atoms with E-state index < -0.39 is 43.1 Å². The number of ether oxygens (including phenoxy) is 1. The quantitative estimate of drug-likeness (QED) is 0.333. The molecule has 1 rings (SSSR count). The highest BCUT2D eigenvalue weighted by Gasteiger charge is 2.50. The van der Waals surface area contributed by atoms with Gasteiger partial charge in [0.05, 0.1) is 12.7 Å². The summed E-state index contributed by atoms with van der Waals surface area (Å²) in [7, 11) is 0. The Hall–Kier alpha value is -0.730. The van der Waals surface area contributed by atoms with E-state index in [0.29, 0.717) is 0 Å². The lowest BCUT2D eigenvalue weighted by atomic mass is 9.96. The summed E-state index contributed by atoms with van der Waals surface area (Å²) >= 11 is 0. The van der Waals surface area contributed by atoms with E-state index in [9.17, 15) is 20.1 Å². The molecule has 0 aromatic carbocycles. The van der Waals surface area contributed by atoms with Crippen LogP contribution in [0.4, 0.5) is 0 Å². The van der Waals surface area contributed by atoms with E-state index in [1.165, 1.54) is 0 Å². The fourth-order valence-electron chi connectivity index (χ4n) is 1.30. The zero-order valence-electron chi connectivity index (χ0n) is 7.20. The average molecular weight is 208 g/mol. The SMILES string of the molecule is O=C(O)C1(O)C[C@@H](O)[C@H](O)[C@H](CO)O1. The molecule has 7 heteroatoms. The van der Waals surface area contributed by atoms with Crippen molar-refractivity contribution < 1.29 is 35.1 Å². The van der Waals surface area contributed by atoms with Gasteiger partial charge in [-0.1, -0.05) is 0 Å². The molecule has 1 aliphatic heterocycles. The second kappa shape index (κ2) is 3.79. The first kappa shape index (κ1) is 11.3. The lowest BCUT2D eigenvalue weighted by molar-refractivity contribution is -0.298. The molecular formula is C7H12O7. The van der Waals surface area contributed by atoms with Gasteiger partial charge in [-0.25, -0.2) is 4.79 Å². The van der Waals surface area contributed by atoms with E-state index in [4.69, 9.17) is 10.2 Å². The van der Waals surface area contributed by atoms with Crippen molar-refractivity contribution in [2.45, 2.75) is 30.5 Å².